The maximum atomic E-state index is 12.3. The Bertz CT molecular complexity index is 1040. The van der Waals surface area contributed by atoms with Gasteiger partial charge in [0.15, 0.2) is 11.5 Å². The van der Waals surface area contributed by atoms with Crippen LogP contribution in [0.3, 0.4) is 0 Å². The minimum absolute atomic E-state index is 0.195. The highest BCUT2D eigenvalue weighted by Gasteiger charge is 2.11. The highest BCUT2D eigenvalue weighted by Crippen LogP contribution is 2.37. The number of rotatable bonds is 7. The molecule has 1 N–H and O–H groups in total. The van der Waals surface area contributed by atoms with Crippen molar-refractivity contribution in [2.75, 3.05) is 12.4 Å². The number of carbonyl (C=O) groups excluding carboxylic acids is 1. The van der Waals surface area contributed by atoms with Crippen molar-refractivity contribution in [1.82, 2.24) is 0 Å². The molecule has 1 amide bonds. The molecular formula is C25H24BrNO3. The van der Waals surface area contributed by atoms with Crippen molar-refractivity contribution in [3.05, 3.63) is 93.5 Å². The fraction of sp³-hybridized carbons (Fsp3) is 0.160. The Kier molecular flexibility index (Phi) is 7.31. The van der Waals surface area contributed by atoms with Gasteiger partial charge in [-0.25, -0.2) is 0 Å². The first-order valence-electron chi connectivity index (χ1n) is 9.56. The van der Waals surface area contributed by atoms with Gasteiger partial charge in [-0.05, 0) is 82.4 Å². The largest absolute Gasteiger partial charge is 0.493 e. The molecule has 0 radical (unpaired) electrons. The van der Waals surface area contributed by atoms with Crippen LogP contribution in [0, 0.1) is 13.8 Å². The van der Waals surface area contributed by atoms with E-state index in [0.717, 1.165) is 32.4 Å². The van der Waals surface area contributed by atoms with Gasteiger partial charge in [0.1, 0.15) is 6.61 Å². The van der Waals surface area contributed by atoms with Gasteiger partial charge in [-0.3, -0.25) is 4.79 Å². The number of hydrogen-bond acceptors (Lipinski definition) is 3. The Morgan fingerprint density at radius 3 is 2.40 bits per heavy atom. The predicted molar refractivity (Wildman–Crippen MR) is 125 cm³/mol. The molecule has 0 bridgehead atoms. The maximum Gasteiger partial charge on any atom is 0.248 e. The van der Waals surface area contributed by atoms with E-state index in [1.807, 2.05) is 68.4 Å². The highest BCUT2D eigenvalue weighted by molar-refractivity contribution is 9.10. The second kappa shape index (κ2) is 10.1. The Morgan fingerprint density at radius 1 is 1.03 bits per heavy atom. The lowest BCUT2D eigenvalue weighted by atomic mass is 10.1. The summed E-state index contributed by atoms with van der Waals surface area (Å²) in [5, 5.41) is 2.89. The summed E-state index contributed by atoms with van der Waals surface area (Å²) in [6, 6.07) is 19.6. The molecule has 0 aliphatic carbocycles. The molecule has 30 heavy (non-hydrogen) atoms. The van der Waals surface area contributed by atoms with E-state index in [9.17, 15) is 4.79 Å². The Morgan fingerprint density at radius 2 is 1.73 bits per heavy atom. The number of methoxy groups -OCH3 is 1. The molecule has 0 fully saturated rings. The predicted octanol–water partition coefficient (Wildman–Crippen LogP) is 6.31. The van der Waals surface area contributed by atoms with Crippen LogP contribution in [0.1, 0.15) is 22.3 Å². The third-order valence-corrected chi connectivity index (χ3v) is 4.98. The second-order valence-electron chi connectivity index (χ2n) is 7.01. The van der Waals surface area contributed by atoms with Gasteiger partial charge in [0.05, 0.1) is 11.6 Å². The summed E-state index contributed by atoms with van der Waals surface area (Å²) >= 11 is 3.55. The van der Waals surface area contributed by atoms with E-state index in [1.165, 1.54) is 6.08 Å². The molecule has 0 aliphatic heterocycles. The number of carbonyl (C=O) groups is 1. The zero-order chi connectivity index (χ0) is 21.5. The average molecular weight is 466 g/mol. The monoisotopic (exact) mass is 465 g/mol. The van der Waals surface area contributed by atoms with Crippen LogP contribution in [-0.4, -0.2) is 13.0 Å². The molecule has 5 heteroatoms. The van der Waals surface area contributed by atoms with Crippen molar-refractivity contribution in [2.45, 2.75) is 20.5 Å². The topological polar surface area (TPSA) is 47.6 Å². The lowest BCUT2D eigenvalue weighted by molar-refractivity contribution is -0.111. The van der Waals surface area contributed by atoms with E-state index < -0.39 is 0 Å². The lowest BCUT2D eigenvalue weighted by Gasteiger charge is -2.13. The SMILES string of the molecule is COc1cc(/C=C/C(=O)Nc2cc(C)cc(C)c2)cc(Br)c1OCc1ccccc1. The number of aryl methyl sites for hydroxylation is 2. The molecule has 0 saturated carbocycles. The van der Waals surface area contributed by atoms with Crippen LogP contribution in [0.25, 0.3) is 6.08 Å². The summed E-state index contributed by atoms with van der Waals surface area (Å²) in [7, 11) is 1.59. The van der Waals surface area contributed by atoms with Gasteiger partial charge in [0, 0.05) is 11.8 Å². The molecule has 154 valence electrons. The number of hydrogen-bond donors (Lipinski definition) is 1. The molecule has 0 spiro atoms. The van der Waals surface area contributed by atoms with Crippen LogP contribution in [0.5, 0.6) is 11.5 Å². The molecule has 3 rings (SSSR count). The fourth-order valence-corrected chi connectivity index (χ4v) is 3.68. The van der Waals surface area contributed by atoms with Gasteiger partial charge in [0.2, 0.25) is 5.91 Å². The Balaban J connectivity index is 1.71. The third kappa shape index (κ3) is 5.97. The van der Waals surface area contributed by atoms with Crippen molar-refractivity contribution in [3.8, 4) is 11.5 Å². The number of anilines is 1. The van der Waals surface area contributed by atoms with Crippen molar-refractivity contribution >= 4 is 33.6 Å². The van der Waals surface area contributed by atoms with Gasteiger partial charge < -0.3 is 14.8 Å². The van der Waals surface area contributed by atoms with Crippen LogP contribution >= 0.6 is 15.9 Å². The Labute approximate surface area is 185 Å². The summed E-state index contributed by atoms with van der Waals surface area (Å²) in [6.07, 6.45) is 3.25. The number of amides is 1. The van der Waals surface area contributed by atoms with Gasteiger partial charge >= 0.3 is 0 Å². The quantitative estimate of drug-likeness (QED) is 0.416. The third-order valence-electron chi connectivity index (χ3n) is 4.39. The van der Waals surface area contributed by atoms with E-state index in [2.05, 4.69) is 27.3 Å². The number of ether oxygens (including phenoxy) is 2. The molecule has 0 aromatic heterocycles. The normalized spacial score (nSPS) is 10.8. The zero-order valence-corrected chi connectivity index (χ0v) is 18.8. The maximum absolute atomic E-state index is 12.3. The summed E-state index contributed by atoms with van der Waals surface area (Å²) in [5.41, 5.74) is 4.88. The van der Waals surface area contributed by atoms with Crippen molar-refractivity contribution < 1.29 is 14.3 Å². The van der Waals surface area contributed by atoms with E-state index in [-0.39, 0.29) is 5.91 Å². The molecule has 0 heterocycles. The van der Waals surface area contributed by atoms with Crippen molar-refractivity contribution in [3.63, 3.8) is 0 Å². The van der Waals surface area contributed by atoms with Gasteiger partial charge in [0.25, 0.3) is 0 Å². The fourth-order valence-electron chi connectivity index (χ4n) is 3.11. The first-order valence-corrected chi connectivity index (χ1v) is 10.4. The van der Waals surface area contributed by atoms with E-state index in [0.29, 0.717) is 18.1 Å². The molecule has 0 saturated heterocycles. The first-order chi connectivity index (χ1) is 14.4. The van der Waals surface area contributed by atoms with Crippen molar-refractivity contribution in [2.24, 2.45) is 0 Å². The van der Waals surface area contributed by atoms with E-state index in [1.54, 1.807) is 13.2 Å². The minimum atomic E-state index is -0.195. The second-order valence-corrected chi connectivity index (χ2v) is 7.86. The summed E-state index contributed by atoms with van der Waals surface area (Å²) in [5.74, 6) is 1.02. The van der Waals surface area contributed by atoms with Crippen LogP contribution in [0.4, 0.5) is 5.69 Å². The smallest absolute Gasteiger partial charge is 0.248 e. The number of benzene rings is 3. The lowest BCUT2D eigenvalue weighted by Crippen LogP contribution is -2.08. The number of halogens is 1. The van der Waals surface area contributed by atoms with Crippen molar-refractivity contribution in [1.29, 1.82) is 0 Å². The van der Waals surface area contributed by atoms with Gasteiger partial charge in [-0.1, -0.05) is 36.4 Å². The first kappa shape index (κ1) is 21.7. The van der Waals surface area contributed by atoms with E-state index >= 15 is 0 Å². The highest BCUT2D eigenvalue weighted by atomic mass is 79.9. The molecule has 0 aliphatic rings. The molecule has 4 nitrogen and oxygen atoms in total. The van der Waals surface area contributed by atoms with Crippen LogP contribution in [0.2, 0.25) is 0 Å². The molecule has 0 atom stereocenters. The molecule has 3 aromatic rings. The summed E-state index contributed by atoms with van der Waals surface area (Å²) in [4.78, 5) is 12.3. The van der Waals surface area contributed by atoms with Crippen LogP contribution in [-0.2, 0) is 11.4 Å². The average Bonchev–Trinajstić information content (AvgIpc) is 2.71. The molecular weight excluding hydrogens is 442 g/mol. The number of nitrogens with one attached hydrogen (secondary N) is 1. The summed E-state index contributed by atoms with van der Waals surface area (Å²) < 4.78 is 12.2. The molecule has 0 unspecified atom stereocenters. The van der Waals surface area contributed by atoms with Gasteiger partial charge in [-0.2, -0.15) is 0 Å². The zero-order valence-electron chi connectivity index (χ0n) is 17.2. The van der Waals surface area contributed by atoms with Crippen LogP contribution < -0.4 is 14.8 Å². The molecule has 3 aromatic carbocycles. The Hall–Kier alpha value is -3.05. The summed E-state index contributed by atoms with van der Waals surface area (Å²) in [6.45, 7) is 4.44. The van der Waals surface area contributed by atoms with Gasteiger partial charge in [-0.15, -0.1) is 0 Å². The minimum Gasteiger partial charge on any atom is -0.493 e. The van der Waals surface area contributed by atoms with E-state index in [4.69, 9.17) is 9.47 Å². The standard InChI is InChI=1S/C25H24BrNO3/c1-17-11-18(2)13-21(12-17)27-24(28)10-9-20-14-22(26)25(23(15-20)29-3)30-16-19-7-5-4-6-8-19/h4-15H,16H2,1-3H3,(H,27,28)/b10-9+. The van der Waals surface area contributed by atoms with Crippen LogP contribution in [0.15, 0.2) is 71.2 Å².